The molecule has 0 bridgehead atoms. The van der Waals surface area contributed by atoms with E-state index in [0.29, 0.717) is 0 Å². The minimum absolute atomic E-state index is 0.818. The summed E-state index contributed by atoms with van der Waals surface area (Å²) in [5.74, 6) is 1.78. The van der Waals surface area contributed by atoms with Gasteiger partial charge < -0.3 is 5.32 Å². The van der Waals surface area contributed by atoms with E-state index in [0.717, 1.165) is 46.6 Å². The Morgan fingerprint density at radius 2 is 2.10 bits per heavy atom. The van der Waals surface area contributed by atoms with Gasteiger partial charge >= 0.3 is 0 Å². The minimum Gasteiger partial charge on any atom is -0.370 e. The molecule has 0 radical (unpaired) electrons. The van der Waals surface area contributed by atoms with Crippen LogP contribution in [0.15, 0.2) is 28.6 Å². The van der Waals surface area contributed by atoms with E-state index in [1.165, 1.54) is 0 Å². The fraction of sp³-hybridized carbons (Fsp3) is 0.429. The quantitative estimate of drug-likeness (QED) is 0.824. The molecule has 0 spiro atoms. The van der Waals surface area contributed by atoms with Crippen LogP contribution in [0, 0.1) is 6.92 Å². The molecule has 0 aromatic carbocycles. The summed E-state index contributed by atoms with van der Waals surface area (Å²) >= 11 is 1.55. The lowest BCUT2D eigenvalue weighted by atomic mass is 10.3. The molecule has 0 fully saturated rings. The van der Waals surface area contributed by atoms with Crippen LogP contribution in [0.1, 0.15) is 31.7 Å². The number of hydrogen-bond donors (Lipinski definition) is 1. The number of hydrogen-bond acceptors (Lipinski definition) is 6. The van der Waals surface area contributed by atoms with Crippen molar-refractivity contribution in [1.82, 2.24) is 19.9 Å². The summed E-state index contributed by atoms with van der Waals surface area (Å²) in [4.78, 5) is 17.3. The maximum absolute atomic E-state index is 4.61. The Morgan fingerprint density at radius 3 is 2.75 bits per heavy atom. The number of rotatable bonds is 6. The highest BCUT2D eigenvalue weighted by atomic mass is 32.2. The molecule has 2 rings (SSSR count). The van der Waals surface area contributed by atoms with Gasteiger partial charge in [0.1, 0.15) is 28.0 Å². The molecule has 1 N–H and O–H groups in total. The molecule has 2 heterocycles. The molecule has 2 aromatic rings. The third kappa shape index (κ3) is 3.66. The molecule has 2 aromatic heterocycles. The summed E-state index contributed by atoms with van der Waals surface area (Å²) in [6, 6.07) is 1.89. The summed E-state index contributed by atoms with van der Waals surface area (Å²) in [6.07, 6.45) is 5.18. The van der Waals surface area contributed by atoms with Gasteiger partial charge in [0.25, 0.3) is 0 Å². The van der Waals surface area contributed by atoms with Gasteiger partial charge in [-0.15, -0.1) is 0 Å². The largest absolute Gasteiger partial charge is 0.370 e. The van der Waals surface area contributed by atoms with Crippen molar-refractivity contribution in [1.29, 1.82) is 0 Å². The number of aryl methyl sites for hydroxylation is 1. The van der Waals surface area contributed by atoms with E-state index in [4.69, 9.17) is 0 Å². The zero-order valence-electron chi connectivity index (χ0n) is 12.1. The Bertz CT molecular complexity index is 559. The normalized spacial score (nSPS) is 10.6. The monoisotopic (exact) mass is 289 g/mol. The molecule has 5 nitrogen and oxygen atoms in total. The molecule has 6 heteroatoms. The Kier molecular flexibility index (Phi) is 5.29. The van der Waals surface area contributed by atoms with E-state index < -0.39 is 0 Å². The smallest absolute Gasteiger partial charge is 0.133 e. The van der Waals surface area contributed by atoms with E-state index in [1.54, 1.807) is 24.3 Å². The van der Waals surface area contributed by atoms with Crippen LogP contribution in [-0.2, 0) is 6.42 Å². The number of nitrogens with zero attached hydrogens (tertiary/aromatic N) is 4. The minimum atomic E-state index is 0.818. The summed E-state index contributed by atoms with van der Waals surface area (Å²) in [7, 11) is 0. The molecule has 20 heavy (non-hydrogen) atoms. The molecule has 0 amide bonds. The van der Waals surface area contributed by atoms with Crippen molar-refractivity contribution in [2.24, 2.45) is 0 Å². The van der Waals surface area contributed by atoms with Crippen LogP contribution in [-0.4, -0.2) is 26.5 Å². The summed E-state index contributed by atoms with van der Waals surface area (Å²) in [6.45, 7) is 7.16. The van der Waals surface area contributed by atoms with Crippen molar-refractivity contribution in [3.63, 3.8) is 0 Å². The Morgan fingerprint density at radius 1 is 1.25 bits per heavy atom. The van der Waals surface area contributed by atoms with Crippen molar-refractivity contribution < 1.29 is 0 Å². The van der Waals surface area contributed by atoms with Gasteiger partial charge in [0.15, 0.2) is 0 Å². The lowest BCUT2D eigenvalue weighted by Crippen LogP contribution is -2.08. The average Bonchev–Trinajstić information content (AvgIpc) is 2.49. The van der Waals surface area contributed by atoms with Crippen LogP contribution in [0.5, 0.6) is 0 Å². The number of anilines is 1. The average molecular weight is 289 g/mol. The first kappa shape index (κ1) is 14.7. The molecule has 0 atom stereocenters. The van der Waals surface area contributed by atoms with Gasteiger partial charge in [-0.1, -0.05) is 13.8 Å². The van der Waals surface area contributed by atoms with Gasteiger partial charge in [-0.05, 0) is 31.2 Å². The van der Waals surface area contributed by atoms with Gasteiger partial charge in [0.05, 0.1) is 0 Å². The van der Waals surface area contributed by atoms with E-state index in [-0.39, 0.29) is 0 Å². The Hall–Kier alpha value is -1.69. The molecule has 0 saturated carbocycles. The van der Waals surface area contributed by atoms with Crippen LogP contribution in [0.3, 0.4) is 0 Å². The second kappa shape index (κ2) is 7.19. The van der Waals surface area contributed by atoms with E-state index >= 15 is 0 Å². The van der Waals surface area contributed by atoms with Crippen molar-refractivity contribution in [3.05, 3.63) is 30.0 Å². The zero-order valence-corrected chi connectivity index (χ0v) is 12.9. The van der Waals surface area contributed by atoms with Crippen molar-refractivity contribution in [2.75, 3.05) is 11.9 Å². The summed E-state index contributed by atoms with van der Waals surface area (Å²) in [5.41, 5.74) is 1.07. The highest BCUT2D eigenvalue weighted by molar-refractivity contribution is 7.99. The maximum atomic E-state index is 4.61. The molecule has 0 aliphatic carbocycles. The molecular weight excluding hydrogens is 270 g/mol. The number of nitrogens with one attached hydrogen (secondary N) is 1. The van der Waals surface area contributed by atoms with E-state index in [1.807, 2.05) is 13.0 Å². The fourth-order valence-electron chi connectivity index (χ4n) is 1.65. The highest BCUT2D eigenvalue weighted by Gasteiger charge is 2.11. The SMILES string of the molecule is CCCNc1nc(CC)nc(Sc2ccncn2)c1C. The van der Waals surface area contributed by atoms with Gasteiger partial charge in [0.2, 0.25) is 0 Å². The predicted molar refractivity (Wildman–Crippen MR) is 81.1 cm³/mol. The predicted octanol–water partition coefficient (Wildman–Crippen LogP) is 3.11. The van der Waals surface area contributed by atoms with Crippen molar-refractivity contribution in [3.8, 4) is 0 Å². The zero-order chi connectivity index (χ0) is 14.4. The molecule has 0 aliphatic rings. The summed E-state index contributed by atoms with van der Waals surface area (Å²) < 4.78 is 0. The lowest BCUT2D eigenvalue weighted by molar-refractivity contribution is 0.860. The van der Waals surface area contributed by atoms with Crippen LogP contribution < -0.4 is 5.32 Å². The Balaban J connectivity index is 2.31. The first-order chi connectivity index (χ1) is 9.74. The molecule has 0 aliphatic heterocycles. The molecule has 0 saturated heterocycles. The highest BCUT2D eigenvalue weighted by Crippen LogP contribution is 2.29. The van der Waals surface area contributed by atoms with Crippen LogP contribution >= 0.6 is 11.8 Å². The second-order valence-electron chi connectivity index (χ2n) is 4.35. The van der Waals surface area contributed by atoms with E-state index in [2.05, 4.69) is 39.1 Å². The topological polar surface area (TPSA) is 63.6 Å². The lowest BCUT2D eigenvalue weighted by Gasteiger charge is -2.12. The van der Waals surface area contributed by atoms with Gasteiger partial charge in [0, 0.05) is 24.7 Å². The van der Waals surface area contributed by atoms with Crippen molar-refractivity contribution >= 4 is 17.6 Å². The first-order valence-electron chi connectivity index (χ1n) is 6.79. The molecule has 106 valence electrons. The van der Waals surface area contributed by atoms with E-state index in [9.17, 15) is 0 Å². The first-order valence-corrected chi connectivity index (χ1v) is 7.61. The van der Waals surface area contributed by atoms with Crippen LogP contribution in [0.2, 0.25) is 0 Å². The van der Waals surface area contributed by atoms with Gasteiger partial charge in [-0.25, -0.2) is 19.9 Å². The third-order valence-electron chi connectivity index (χ3n) is 2.76. The second-order valence-corrected chi connectivity index (χ2v) is 5.36. The number of aromatic nitrogens is 4. The van der Waals surface area contributed by atoms with Crippen LogP contribution in [0.4, 0.5) is 5.82 Å². The molecular formula is C14H19N5S. The fourth-order valence-corrected chi connectivity index (χ4v) is 2.48. The van der Waals surface area contributed by atoms with Crippen molar-refractivity contribution in [2.45, 2.75) is 43.7 Å². The third-order valence-corrected chi connectivity index (χ3v) is 3.80. The van der Waals surface area contributed by atoms with Gasteiger partial charge in [-0.3, -0.25) is 0 Å². The summed E-state index contributed by atoms with van der Waals surface area (Å²) in [5, 5.41) is 5.21. The van der Waals surface area contributed by atoms with Crippen LogP contribution in [0.25, 0.3) is 0 Å². The molecule has 0 unspecified atom stereocenters. The Labute approximate surface area is 123 Å². The van der Waals surface area contributed by atoms with Gasteiger partial charge in [-0.2, -0.15) is 0 Å². The standard InChI is InChI=1S/C14H19N5S/c1-4-7-16-13-10(3)14(19-11(5-2)18-13)20-12-6-8-15-9-17-12/h6,8-9H,4-5,7H2,1-3H3,(H,16,18,19). The maximum Gasteiger partial charge on any atom is 0.133 e.